The summed E-state index contributed by atoms with van der Waals surface area (Å²) in [7, 11) is 1.97. The van der Waals surface area contributed by atoms with E-state index in [9.17, 15) is 0 Å². The highest BCUT2D eigenvalue weighted by Crippen LogP contribution is 2.56. The normalized spacial score (nSPS) is 38.1. The van der Waals surface area contributed by atoms with E-state index in [1.807, 2.05) is 13.2 Å². The summed E-state index contributed by atoms with van der Waals surface area (Å²) in [5.41, 5.74) is 1.36. The van der Waals surface area contributed by atoms with E-state index < -0.39 is 0 Å². The van der Waals surface area contributed by atoms with Crippen molar-refractivity contribution in [1.82, 2.24) is 10.3 Å². The third-order valence-corrected chi connectivity index (χ3v) is 5.48. The molecule has 0 amide bonds. The summed E-state index contributed by atoms with van der Waals surface area (Å²) < 4.78 is 6.46. The minimum atomic E-state index is 0.111. The van der Waals surface area contributed by atoms with Gasteiger partial charge in [0.25, 0.3) is 0 Å². The molecule has 108 valence electrons. The standard InChI is InChI=1S/C17H24N2O/c1-18-11-12-2-3-19-16(7-12)20-17-8-13-4-14(9-17)6-15(5-13)10-17/h2-3,7,13-15,18H,4-6,8-11H2,1H3. The van der Waals surface area contributed by atoms with Gasteiger partial charge in [0.1, 0.15) is 5.60 Å². The average Bonchev–Trinajstić information content (AvgIpc) is 2.37. The minimum Gasteiger partial charge on any atom is -0.471 e. The molecule has 0 aromatic carbocycles. The fraction of sp³-hybridized carbons (Fsp3) is 0.706. The van der Waals surface area contributed by atoms with Crippen molar-refractivity contribution in [3.8, 4) is 5.88 Å². The lowest BCUT2D eigenvalue weighted by Gasteiger charge is -2.55. The molecule has 1 aromatic heterocycles. The predicted molar refractivity (Wildman–Crippen MR) is 78.5 cm³/mol. The molecule has 4 saturated carbocycles. The minimum absolute atomic E-state index is 0.111. The second kappa shape index (κ2) is 4.73. The van der Waals surface area contributed by atoms with Gasteiger partial charge in [0.15, 0.2) is 0 Å². The largest absolute Gasteiger partial charge is 0.471 e. The Kier molecular flexibility index (Phi) is 2.99. The lowest BCUT2D eigenvalue weighted by Crippen LogP contribution is -2.53. The third-order valence-electron chi connectivity index (χ3n) is 5.48. The zero-order chi connectivity index (χ0) is 13.6. The van der Waals surface area contributed by atoms with Gasteiger partial charge in [-0.2, -0.15) is 0 Å². The maximum atomic E-state index is 6.46. The first-order chi connectivity index (χ1) is 9.75. The summed E-state index contributed by atoms with van der Waals surface area (Å²) >= 11 is 0. The van der Waals surface area contributed by atoms with Crippen LogP contribution in [0.2, 0.25) is 0 Å². The summed E-state index contributed by atoms with van der Waals surface area (Å²) in [6, 6.07) is 4.16. The molecule has 3 nitrogen and oxygen atoms in total. The van der Waals surface area contributed by atoms with Crippen molar-refractivity contribution in [1.29, 1.82) is 0 Å². The molecule has 4 aliphatic rings. The summed E-state index contributed by atoms with van der Waals surface area (Å²) in [6.07, 6.45) is 10.0. The molecule has 0 aliphatic heterocycles. The Balaban J connectivity index is 1.55. The lowest BCUT2D eigenvalue weighted by atomic mass is 9.54. The molecule has 4 aliphatic carbocycles. The van der Waals surface area contributed by atoms with Gasteiger partial charge in [-0.25, -0.2) is 4.98 Å². The molecular weight excluding hydrogens is 248 g/mol. The van der Waals surface area contributed by atoms with Crippen LogP contribution in [0.5, 0.6) is 5.88 Å². The van der Waals surface area contributed by atoms with Gasteiger partial charge in [0.2, 0.25) is 5.88 Å². The van der Waals surface area contributed by atoms with Crippen LogP contribution < -0.4 is 10.1 Å². The van der Waals surface area contributed by atoms with Crippen molar-refractivity contribution in [3.05, 3.63) is 23.9 Å². The van der Waals surface area contributed by atoms with Crippen molar-refractivity contribution in [2.75, 3.05) is 7.05 Å². The van der Waals surface area contributed by atoms with Gasteiger partial charge in [0, 0.05) is 18.8 Å². The summed E-state index contributed by atoms with van der Waals surface area (Å²) in [5.74, 6) is 3.59. The Bertz CT molecular complexity index is 464. The predicted octanol–water partition coefficient (Wildman–Crippen LogP) is 3.15. The number of nitrogens with zero attached hydrogens (tertiary/aromatic N) is 1. The Morgan fingerprint density at radius 2 is 1.85 bits per heavy atom. The van der Waals surface area contributed by atoms with Gasteiger partial charge in [-0.15, -0.1) is 0 Å². The SMILES string of the molecule is CNCc1ccnc(OC23CC4CC(CC(C4)C2)C3)c1. The van der Waals surface area contributed by atoms with E-state index in [1.165, 1.54) is 44.1 Å². The van der Waals surface area contributed by atoms with E-state index in [-0.39, 0.29) is 5.60 Å². The molecule has 5 rings (SSSR count). The van der Waals surface area contributed by atoms with Crippen molar-refractivity contribution in [2.24, 2.45) is 17.8 Å². The molecule has 3 heteroatoms. The van der Waals surface area contributed by atoms with E-state index in [2.05, 4.69) is 22.4 Å². The average molecular weight is 272 g/mol. The molecular formula is C17H24N2O. The number of aromatic nitrogens is 1. The van der Waals surface area contributed by atoms with Crippen LogP contribution in [-0.4, -0.2) is 17.6 Å². The number of hydrogen-bond acceptors (Lipinski definition) is 3. The molecule has 20 heavy (non-hydrogen) atoms. The maximum absolute atomic E-state index is 6.46. The van der Waals surface area contributed by atoms with E-state index in [4.69, 9.17) is 4.74 Å². The summed E-state index contributed by atoms with van der Waals surface area (Å²) in [6.45, 7) is 0.875. The summed E-state index contributed by atoms with van der Waals surface area (Å²) in [5, 5.41) is 3.19. The fourth-order valence-electron chi connectivity index (χ4n) is 5.20. The molecule has 0 atom stereocenters. The topological polar surface area (TPSA) is 34.2 Å². The van der Waals surface area contributed by atoms with Gasteiger partial charge in [-0.05, 0) is 75.0 Å². The number of nitrogens with one attached hydrogen (secondary N) is 1. The second-order valence-corrected chi connectivity index (χ2v) is 7.24. The first-order valence-electron chi connectivity index (χ1n) is 8.03. The first-order valence-corrected chi connectivity index (χ1v) is 8.03. The quantitative estimate of drug-likeness (QED) is 0.914. The van der Waals surface area contributed by atoms with Gasteiger partial charge in [-0.1, -0.05) is 0 Å². The van der Waals surface area contributed by atoms with Crippen molar-refractivity contribution < 1.29 is 4.74 Å². The molecule has 4 fully saturated rings. The molecule has 1 N–H and O–H groups in total. The highest BCUT2D eigenvalue weighted by molar-refractivity contribution is 5.22. The zero-order valence-electron chi connectivity index (χ0n) is 12.3. The van der Waals surface area contributed by atoms with E-state index >= 15 is 0 Å². The first kappa shape index (κ1) is 12.6. The van der Waals surface area contributed by atoms with Crippen LogP contribution in [0, 0.1) is 17.8 Å². The van der Waals surface area contributed by atoms with E-state index in [1.54, 1.807) is 0 Å². The van der Waals surface area contributed by atoms with Crippen LogP contribution in [-0.2, 0) is 6.54 Å². The Morgan fingerprint density at radius 3 is 2.45 bits per heavy atom. The number of pyridine rings is 1. The van der Waals surface area contributed by atoms with Gasteiger partial charge in [0.05, 0.1) is 0 Å². The van der Waals surface area contributed by atoms with Crippen molar-refractivity contribution >= 4 is 0 Å². The van der Waals surface area contributed by atoms with Gasteiger partial charge >= 0.3 is 0 Å². The van der Waals surface area contributed by atoms with Crippen LogP contribution in [0.3, 0.4) is 0 Å². The van der Waals surface area contributed by atoms with E-state index in [0.717, 1.165) is 30.2 Å². The third kappa shape index (κ3) is 2.22. The van der Waals surface area contributed by atoms with E-state index in [0.29, 0.717) is 0 Å². The molecule has 0 saturated heterocycles. The Labute approximate surface area is 121 Å². The monoisotopic (exact) mass is 272 g/mol. The van der Waals surface area contributed by atoms with Crippen molar-refractivity contribution in [2.45, 2.75) is 50.7 Å². The smallest absolute Gasteiger partial charge is 0.214 e. The molecule has 0 radical (unpaired) electrons. The van der Waals surface area contributed by atoms with Crippen LogP contribution in [0.1, 0.15) is 44.1 Å². The number of rotatable bonds is 4. The van der Waals surface area contributed by atoms with Gasteiger partial charge in [-0.3, -0.25) is 0 Å². The second-order valence-electron chi connectivity index (χ2n) is 7.24. The Morgan fingerprint density at radius 1 is 1.20 bits per heavy atom. The number of ether oxygens (including phenoxy) is 1. The molecule has 0 unspecified atom stereocenters. The lowest BCUT2D eigenvalue weighted by molar-refractivity contribution is -0.109. The van der Waals surface area contributed by atoms with Crippen LogP contribution in [0.15, 0.2) is 18.3 Å². The molecule has 1 aromatic rings. The van der Waals surface area contributed by atoms with Crippen LogP contribution in [0.25, 0.3) is 0 Å². The van der Waals surface area contributed by atoms with Crippen molar-refractivity contribution in [3.63, 3.8) is 0 Å². The summed E-state index contributed by atoms with van der Waals surface area (Å²) in [4.78, 5) is 4.45. The molecule has 0 spiro atoms. The van der Waals surface area contributed by atoms with Crippen LogP contribution in [0.4, 0.5) is 0 Å². The van der Waals surface area contributed by atoms with Gasteiger partial charge < -0.3 is 10.1 Å². The fourth-order valence-corrected chi connectivity index (χ4v) is 5.20. The molecule has 1 heterocycles. The van der Waals surface area contributed by atoms with Crippen LogP contribution >= 0.6 is 0 Å². The number of hydrogen-bond donors (Lipinski definition) is 1. The highest BCUT2D eigenvalue weighted by Gasteiger charge is 2.52. The zero-order valence-corrected chi connectivity index (χ0v) is 12.3. The highest BCUT2D eigenvalue weighted by atomic mass is 16.5. The molecule has 4 bridgehead atoms. The Hall–Kier alpha value is -1.09. The maximum Gasteiger partial charge on any atom is 0.214 e.